The van der Waals surface area contributed by atoms with E-state index in [-0.39, 0.29) is 6.10 Å². The first-order valence-electron chi connectivity index (χ1n) is 6.92. The third kappa shape index (κ3) is 2.35. The smallest absolute Gasteiger partial charge is 0.274 e. The second kappa shape index (κ2) is 5.04. The number of rotatable bonds is 4. The van der Waals surface area contributed by atoms with Crippen LogP contribution in [0.2, 0.25) is 0 Å². The van der Waals surface area contributed by atoms with Crippen LogP contribution in [0.4, 0.5) is 0 Å². The maximum Gasteiger partial charge on any atom is 0.274 e. The molecule has 6 heteroatoms. The Morgan fingerprint density at radius 3 is 2.95 bits per heavy atom. The van der Waals surface area contributed by atoms with Crippen molar-refractivity contribution < 1.29 is 9.47 Å². The Labute approximate surface area is 125 Å². The SMILES string of the molecule is COc1ccc2nc(OC3CC(c4ccn[nH]4)C3)sc2c1. The average molecular weight is 301 g/mol. The van der Waals surface area contributed by atoms with E-state index in [9.17, 15) is 0 Å². The summed E-state index contributed by atoms with van der Waals surface area (Å²) >= 11 is 1.57. The van der Waals surface area contributed by atoms with E-state index < -0.39 is 0 Å². The molecule has 21 heavy (non-hydrogen) atoms. The minimum Gasteiger partial charge on any atom is -0.497 e. The number of aromatic nitrogens is 3. The lowest BCUT2D eigenvalue weighted by atomic mass is 9.80. The highest BCUT2D eigenvalue weighted by atomic mass is 32.1. The van der Waals surface area contributed by atoms with E-state index in [0.29, 0.717) is 5.92 Å². The highest BCUT2D eigenvalue weighted by Crippen LogP contribution is 2.40. The lowest BCUT2D eigenvalue weighted by Crippen LogP contribution is -2.32. The minimum absolute atomic E-state index is 0.251. The molecule has 108 valence electrons. The van der Waals surface area contributed by atoms with Gasteiger partial charge >= 0.3 is 0 Å². The summed E-state index contributed by atoms with van der Waals surface area (Å²) < 4.78 is 12.3. The molecule has 4 rings (SSSR count). The van der Waals surface area contributed by atoms with Gasteiger partial charge in [-0.1, -0.05) is 11.3 Å². The van der Waals surface area contributed by atoms with E-state index in [1.165, 1.54) is 5.69 Å². The van der Waals surface area contributed by atoms with E-state index in [1.807, 2.05) is 24.3 Å². The number of nitrogens with zero attached hydrogens (tertiary/aromatic N) is 2. The highest BCUT2D eigenvalue weighted by Gasteiger charge is 2.33. The Balaban J connectivity index is 1.44. The molecule has 0 aliphatic heterocycles. The second-order valence-electron chi connectivity index (χ2n) is 5.23. The van der Waals surface area contributed by atoms with Crippen molar-refractivity contribution in [1.82, 2.24) is 15.2 Å². The van der Waals surface area contributed by atoms with Crippen LogP contribution in [0.15, 0.2) is 30.5 Å². The third-order valence-corrected chi connectivity index (χ3v) is 4.81. The number of nitrogens with one attached hydrogen (secondary N) is 1. The van der Waals surface area contributed by atoms with E-state index in [0.717, 1.165) is 34.0 Å². The number of H-pyrrole nitrogens is 1. The molecule has 1 N–H and O–H groups in total. The summed E-state index contributed by atoms with van der Waals surface area (Å²) in [7, 11) is 1.67. The van der Waals surface area contributed by atoms with Gasteiger partial charge in [0, 0.05) is 17.8 Å². The van der Waals surface area contributed by atoms with Gasteiger partial charge in [-0.05, 0) is 37.1 Å². The normalized spacial score (nSPS) is 21.2. The molecule has 0 amide bonds. The molecule has 0 bridgehead atoms. The first-order chi connectivity index (χ1) is 10.3. The van der Waals surface area contributed by atoms with Gasteiger partial charge in [0.1, 0.15) is 11.9 Å². The van der Waals surface area contributed by atoms with Crippen LogP contribution in [-0.4, -0.2) is 28.4 Å². The molecule has 5 nitrogen and oxygen atoms in total. The molecule has 1 fully saturated rings. The number of benzene rings is 1. The van der Waals surface area contributed by atoms with Crippen molar-refractivity contribution in [3.63, 3.8) is 0 Å². The maximum atomic E-state index is 5.97. The van der Waals surface area contributed by atoms with Gasteiger partial charge in [-0.2, -0.15) is 5.10 Å². The maximum absolute atomic E-state index is 5.97. The molecule has 3 aromatic rings. The zero-order valence-corrected chi connectivity index (χ0v) is 12.4. The number of aromatic amines is 1. The molecule has 1 aliphatic rings. The van der Waals surface area contributed by atoms with Crippen LogP contribution in [0.3, 0.4) is 0 Å². The van der Waals surface area contributed by atoms with Gasteiger partial charge in [0.2, 0.25) is 0 Å². The van der Waals surface area contributed by atoms with Crippen LogP contribution < -0.4 is 9.47 Å². The zero-order chi connectivity index (χ0) is 14.2. The van der Waals surface area contributed by atoms with Crippen molar-refractivity contribution in [1.29, 1.82) is 0 Å². The molecule has 1 aromatic carbocycles. The van der Waals surface area contributed by atoms with Crippen LogP contribution in [0, 0.1) is 0 Å². The van der Waals surface area contributed by atoms with Gasteiger partial charge in [0.25, 0.3) is 5.19 Å². The molecule has 0 atom stereocenters. The standard InChI is InChI=1S/C15H15N3O2S/c1-19-10-2-3-13-14(8-10)21-15(17-13)20-11-6-9(7-11)12-4-5-16-18-12/h2-5,8-9,11H,6-7H2,1H3,(H,16,18). The van der Waals surface area contributed by atoms with Crippen molar-refractivity contribution in [2.75, 3.05) is 7.11 Å². The Bertz CT molecular complexity index is 747. The van der Waals surface area contributed by atoms with Gasteiger partial charge in [0.05, 0.1) is 17.3 Å². The van der Waals surface area contributed by atoms with E-state index in [2.05, 4.69) is 15.2 Å². The first kappa shape index (κ1) is 12.6. The quantitative estimate of drug-likeness (QED) is 0.803. The van der Waals surface area contributed by atoms with Gasteiger partial charge in [-0.25, -0.2) is 4.98 Å². The fourth-order valence-electron chi connectivity index (χ4n) is 2.61. The van der Waals surface area contributed by atoms with Gasteiger partial charge in [0.15, 0.2) is 0 Å². The summed E-state index contributed by atoms with van der Waals surface area (Å²) in [6.07, 6.45) is 4.08. The summed E-state index contributed by atoms with van der Waals surface area (Å²) in [4.78, 5) is 4.52. The number of methoxy groups -OCH3 is 1. The number of thiazole rings is 1. The molecule has 1 aliphatic carbocycles. The van der Waals surface area contributed by atoms with Crippen LogP contribution in [0.1, 0.15) is 24.5 Å². The molecule has 2 heterocycles. The summed E-state index contributed by atoms with van der Waals surface area (Å²) in [6, 6.07) is 7.91. The molecule has 0 saturated heterocycles. The minimum atomic E-state index is 0.251. The predicted molar refractivity (Wildman–Crippen MR) is 81.2 cm³/mol. The Kier molecular flexibility index (Phi) is 3.03. The topological polar surface area (TPSA) is 60.0 Å². The fourth-order valence-corrected chi connectivity index (χ4v) is 3.52. The zero-order valence-electron chi connectivity index (χ0n) is 11.6. The molecule has 0 spiro atoms. The summed E-state index contributed by atoms with van der Waals surface area (Å²) in [6.45, 7) is 0. The first-order valence-corrected chi connectivity index (χ1v) is 7.74. The lowest BCUT2D eigenvalue weighted by molar-refractivity contribution is 0.0969. The van der Waals surface area contributed by atoms with Crippen molar-refractivity contribution in [2.24, 2.45) is 0 Å². The van der Waals surface area contributed by atoms with Crippen molar-refractivity contribution in [2.45, 2.75) is 24.9 Å². The average Bonchev–Trinajstić information content (AvgIpc) is 3.10. The van der Waals surface area contributed by atoms with Gasteiger partial charge in [-0.15, -0.1) is 0 Å². The van der Waals surface area contributed by atoms with Crippen LogP contribution in [0.25, 0.3) is 10.2 Å². The third-order valence-electron chi connectivity index (χ3n) is 3.90. The summed E-state index contributed by atoms with van der Waals surface area (Å²) in [5, 5.41) is 7.76. The molecule has 2 aromatic heterocycles. The summed E-state index contributed by atoms with van der Waals surface area (Å²) in [5.74, 6) is 1.38. The molecular weight excluding hydrogens is 286 g/mol. The number of fused-ring (bicyclic) bond motifs is 1. The molecule has 0 unspecified atom stereocenters. The molecule has 0 radical (unpaired) electrons. The van der Waals surface area contributed by atoms with Crippen LogP contribution in [0.5, 0.6) is 10.9 Å². The van der Waals surface area contributed by atoms with Crippen molar-refractivity contribution in [3.8, 4) is 10.9 Å². The van der Waals surface area contributed by atoms with Crippen LogP contribution in [-0.2, 0) is 0 Å². The van der Waals surface area contributed by atoms with Gasteiger partial charge < -0.3 is 9.47 Å². The fraction of sp³-hybridized carbons (Fsp3) is 0.333. The second-order valence-corrected chi connectivity index (χ2v) is 6.23. The van der Waals surface area contributed by atoms with Crippen molar-refractivity contribution in [3.05, 3.63) is 36.2 Å². The Hall–Kier alpha value is -2.08. The summed E-state index contributed by atoms with van der Waals surface area (Å²) in [5.41, 5.74) is 2.16. The van der Waals surface area contributed by atoms with Gasteiger partial charge in [-0.3, -0.25) is 5.10 Å². The Morgan fingerprint density at radius 1 is 1.29 bits per heavy atom. The van der Waals surface area contributed by atoms with E-state index in [1.54, 1.807) is 24.6 Å². The lowest BCUT2D eigenvalue weighted by Gasteiger charge is -2.33. The number of hydrogen-bond acceptors (Lipinski definition) is 5. The Morgan fingerprint density at radius 2 is 2.19 bits per heavy atom. The monoisotopic (exact) mass is 301 g/mol. The largest absolute Gasteiger partial charge is 0.497 e. The highest BCUT2D eigenvalue weighted by molar-refractivity contribution is 7.20. The predicted octanol–water partition coefficient (Wildman–Crippen LogP) is 3.35. The number of ether oxygens (including phenoxy) is 2. The van der Waals surface area contributed by atoms with E-state index in [4.69, 9.17) is 9.47 Å². The van der Waals surface area contributed by atoms with Crippen molar-refractivity contribution >= 4 is 21.6 Å². The number of hydrogen-bond donors (Lipinski definition) is 1. The van der Waals surface area contributed by atoms with Crippen LogP contribution >= 0.6 is 11.3 Å². The van der Waals surface area contributed by atoms with E-state index >= 15 is 0 Å². The molecular formula is C15H15N3O2S. The molecule has 1 saturated carbocycles.